The molecular formula is C54H107NO8. The largest absolute Gasteiger partial charge is 0.394 e. The number of unbranched alkanes of at least 4 members (excludes halogenated alkanes) is 38. The van der Waals surface area contributed by atoms with E-state index in [0.29, 0.717) is 12.8 Å². The maximum Gasteiger partial charge on any atom is 0.220 e. The highest BCUT2D eigenvalue weighted by atomic mass is 16.7. The lowest BCUT2D eigenvalue weighted by Gasteiger charge is -2.40. The minimum atomic E-state index is -1.55. The van der Waals surface area contributed by atoms with Crippen molar-refractivity contribution in [1.29, 1.82) is 0 Å². The van der Waals surface area contributed by atoms with E-state index in [9.17, 15) is 30.3 Å². The summed E-state index contributed by atoms with van der Waals surface area (Å²) in [4.78, 5) is 13.0. The topological polar surface area (TPSA) is 149 Å². The van der Waals surface area contributed by atoms with Crippen LogP contribution in [0.5, 0.6) is 0 Å². The van der Waals surface area contributed by atoms with Crippen LogP contribution in [-0.2, 0) is 14.3 Å². The van der Waals surface area contributed by atoms with E-state index in [0.717, 1.165) is 38.5 Å². The molecule has 0 radical (unpaired) electrons. The lowest BCUT2D eigenvalue weighted by atomic mass is 9.99. The third-order valence-corrected chi connectivity index (χ3v) is 13.7. The van der Waals surface area contributed by atoms with Crippen molar-refractivity contribution in [3.8, 4) is 0 Å². The number of carbonyl (C=O) groups excluding carboxylic acids is 1. The zero-order valence-corrected chi connectivity index (χ0v) is 41.6. The van der Waals surface area contributed by atoms with Crippen molar-refractivity contribution in [2.24, 2.45) is 0 Å². The molecule has 0 aromatic heterocycles. The summed E-state index contributed by atoms with van der Waals surface area (Å²) in [5.41, 5.74) is 0. The van der Waals surface area contributed by atoms with E-state index in [1.54, 1.807) is 0 Å². The Labute approximate surface area is 389 Å². The Bertz CT molecular complexity index is 955. The molecule has 0 aromatic rings. The number of aliphatic hydroxyl groups excluding tert-OH is 5. The molecule has 6 N–H and O–H groups in total. The predicted molar refractivity (Wildman–Crippen MR) is 263 cm³/mol. The zero-order chi connectivity index (χ0) is 45.9. The number of hydrogen-bond acceptors (Lipinski definition) is 8. The highest BCUT2D eigenvalue weighted by Gasteiger charge is 2.44. The van der Waals surface area contributed by atoms with Crippen LogP contribution in [0.25, 0.3) is 0 Å². The molecule has 63 heavy (non-hydrogen) atoms. The molecule has 1 aliphatic heterocycles. The molecule has 376 valence electrons. The molecule has 0 bridgehead atoms. The summed E-state index contributed by atoms with van der Waals surface area (Å²) in [7, 11) is 0. The van der Waals surface area contributed by atoms with Gasteiger partial charge in [-0.2, -0.15) is 0 Å². The van der Waals surface area contributed by atoms with Crippen molar-refractivity contribution in [2.75, 3.05) is 13.2 Å². The van der Waals surface area contributed by atoms with Crippen molar-refractivity contribution < 1.29 is 39.8 Å². The molecule has 2 unspecified atom stereocenters. The van der Waals surface area contributed by atoms with Crippen molar-refractivity contribution in [3.63, 3.8) is 0 Å². The molecular weight excluding hydrogens is 791 g/mol. The fourth-order valence-corrected chi connectivity index (χ4v) is 9.28. The highest BCUT2D eigenvalue weighted by Crippen LogP contribution is 2.23. The first-order valence-corrected chi connectivity index (χ1v) is 27.7. The molecule has 1 rings (SSSR count). The molecule has 0 saturated carbocycles. The smallest absolute Gasteiger partial charge is 0.220 e. The van der Waals surface area contributed by atoms with Crippen LogP contribution >= 0.6 is 0 Å². The number of aliphatic hydroxyl groups is 5. The van der Waals surface area contributed by atoms with Crippen molar-refractivity contribution in [2.45, 2.75) is 326 Å². The van der Waals surface area contributed by atoms with Crippen LogP contribution in [0.2, 0.25) is 0 Å². The minimum Gasteiger partial charge on any atom is -0.394 e. The molecule has 1 amide bonds. The first-order valence-electron chi connectivity index (χ1n) is 27.7. The van der Waals surface area contributed by atoms with Gasteiger partial charge < -0.3 is 40.3 Å². The van der Waals surface area contributed by atoms with Gasteiger partial charge in [0.2, 0.25) is 5.91 Å². The number of nitrogens with one attached hydrogen (secondary N) is 1. The standard InChI is InChI=1S/C54H107NO8/c1-3-5-7-9-11-13-15-16-17-18-19-20-21-22-23-24-25-26-27-28-29-30-31-32-34-36-38-40-42-44-50(58)55-47(46-62-54-53(61)52(60)51(59)49(45-56)63-54)48(57)43-41-39-37-35-33-14-12-10-8-6-4-2/h47-49,51-54,56-57,59-61H,3-46H2,1-2H3,(H,55,58)/t47-,48+,49+,51-,52?,53?,54+/m0/s1. The molecule has 7 atom stereocenters. The Kier molecular flexibility index (Phi) is 43.0. The van der Waals surface area contributed by atoms with Gasteiger partial charge in [-0.1, -0.05) is 264 Å². The maximum atomic E-state index is 13.0. The van der Waals surface area contributed by atoms with Gasteiger partial charge in [0.05, 0.1) is 25.4 Å². The lowest BCUT2D eigenvalue weighted by Crippen LogP contribution is -2.60. The molecule has 1 heterocycles. The van der Waals surface area contributed by atoms with Gasteiger partial charge in [-0.25, -0.2) is 0 Å². The molecule has 0 spiro atoms. The van der Waals surface area contributed by atoms with Gasteiger partial charge in [0.1, 0.15) is 24.4 Å². The quantitative estimate of drug-likeness (QED) is 0.0331. The van der Waals surface area contributed by atoms with Crippen molar-refractivity contribution in [3.05, 3.63) is 0 Å². The van der Waals surface area contributed by atoms with E-state index in [4.69, 9.17) is 9.47 Å². The molecule has 0 aliphatic carbocycles. The lowest BCUT2D eigenvalue weighted by molar-refractivity contribution is -0.302. The van der Waals surface area contributed by atoms with Crippen LogP contribution in [0.15, 0.2) is 0 Å². The van der Waals surface area contributed by atoms with Crippen LogP contribution in [-0.4, -0.2) is 87.5 Å². The second-order valence-corrected chi connectivity index (χ2v) is 19.7. The van der Waals surface area contributed by atoms with Crippen molar-refractivity contribution in [1.82, 2.24) is 5.32 Å². The van der Waals surface area contributed by atoms with Gasteiger partial charge in [0.15, 0.2) is 6.29 Å². The molecule has 0 aromatic carbocycles. The summed E-state index contributed by atoms with van der Waals surface area (Å²) in [6.45, 7) is 3.86. The highest BCUT2D eigenvalue weighted by molar-refractivity contribution is 5.76. The first kappa shape index (κ1) is 60.2. The SMILES string of the molecule is CCCCCCCCCCCCCCCCCCCCCCCCCCCCCCCC(=O)N[C@@H](CO[C@@H]1O[C@H](CO)[C@H](O)C(O)C1O)[C@H](O)CCCCCCCCCCCCC. The number of carbonyl (C=O) groups is 1. The average molecular weight is 898 g/mol. The maximum absolute atomic E-state index is 13.0. The van der Waals surface area contributed by atoms with Gasteiger partial charge in [-0.3, -0.25) is 4.79 Å². The predicted octanol–water partition coefficient (Wildman–Crippen LogP) is 13.1. The van der Waals surface area contributed by atoms with E-state index in [1.165, 1.54) is 218 Å². The summed E-state index contributed by atoms with van der Waals surface area (Å²) in [6.07, 6.45) is 45.8. The summed E-state index contributed by atoms with van der Waals surface area (Å²) in [5.74, 6) is -0.139. The summed E-state index contributed by atoms with van der Waals surface area (Å²) in [5, 5.41) is 54.4. The second kappa shape index (κ2) is 45.0. The molecule has 1 saturated heterocycles. The number of ether oxygens (including phenoxy) is 2. The Morgan fingerprint density at radius 2 is 0.794 bits per heavy atom. The van der Waals surface area contributed by atoms with Gasteiger partial charge in [0.25, 0.3) is 0 Å². The zero-order valence-electron chi connectivity index (χ0n) is 41.6. The van der Waals surface area contributed by atoms with Crippen molar-refractivity contribution >= 4 is 5.91 Å². The monoisotopic (exact) mass is 898 g/mol. The Hall–Kier alpha value is -0.810. The normalized spacial score (nSPS) is 20.0. The Balaban J connectivity index is 2.10. The summed E-state index contributed by atoms with van der Waals surface area (Å²) in [6, 6.07) is -0.711. The van der Waals surface area contributed by atoms with E-state index >= 15 is 0 Å². The summed E-state index contributed by atoms with van der Waals surface area (Å²) >= 11 is 0. The van der Waals surface area contributed by atoms with Crippen LogP contribution in [0.4, 0.5) is 0 Å². The summed E-state index contributed by atoms with van der Waals surface area (Å²) < 4.78 is 11.3. The third-order valence-electron chi connectivity index (χ3n) is 13.7. The average Bonchev–Trinajstić information content (AvgIpc) is 3.28. The van der Waals surface area contributed by atoms with Crippen LogP contribution in [0.3, 0.4) is 0 Å². The van der Waals surface area contributed by atoms with Crippen LogP contribution < -0.4 is 5.32 Å². The Morgan fingerprint density at radius 3 is 1.13 bits per heavy atom. The van der Waals surface area contributed by atoms with E-state index in [-0.39, 0.29) is 12.5 Å². The van der Waals surface area contributed by atoms with Gasteiger partial charge >= 0.3 is 0 Å². The van der Waals surface area contributed by atoms with Crippen LogP contribution in [0, 0.1) is 0 Å². The minimum absolute atomic E-state index is 0.132. The Morgan fingerprint density at radius 1 is 0.476 bits per heavy atom. The first-order chi connectivity index (χ1) is 30.8. The van der Waals surface area contributed by atoms with Gasteiger partial charge in [-0.05, 0) is 12.8 Å². The van der Waals surface area contributed by atoms with Gasteiger partial charge in [-0.15, -0.1) is 0 Å². The molecule has 9 heteroatoms. The van der Waals surface area contributed by atoms with E-state index in [1.807, 2.05) is 0 Å². The fourth-order valence-electron chi connectivity index (χ4n) is 9.28. The number of rotatable bonds is 48. The molecule has 1 aliphatic rings. The second-order valence-electron chi connectivity index (χ2n) is 19.7. The van der Waals surface area contributed by atoms with E-state index < -0.39 is 49.5 Å². The number of amides is 1. The molecule has 9 nitrogen and oxygen atoms in total. The molecule has 1 fully saturated rings. The fraction of sp³-hybridized carbons (Fsp3) is 0.981. The third kappa shape index (κ3) is 35.1. The van der Waals surface area contributed by atoms with E-state index in [2.05, 4.69) is 19.2 Å². The number of hydrogen-bond donors (Lipinski definition) is 6. The van der Waals surface area contributed by atoms with Crippen LogP contribution in [0.1, 0.15) is 284 Å². The van der Waals surface area contributed by atoms with Gasteiger partial charge in [0, 0.05) is 6.42 Å².